The highest BCUT2D eigenvalue weighted by Crippen LogP contribution is 2.31. The van der Waals surface area contributed by atoms with Crippen LogP contribution < -0.4 is 11.2 Å². The maximum absolute atomic E-state index is 12.1. The van der Waals surface area contributed by atoms with Gasteiger partial charge < -0.3 is 20.1 Å². The third kappa shape index (κ3) is 2.26. The van der Waals surface area contributed by atoms with Crippen molar-refractivity contribution < 1.29 is 5.11 Å². The number of azo groups is 1. The van der Waals surface area contributed by atoms with Crippen LogP contribution in [0.25, 0.3) is 21.9 Å². The molecule has 2 heterocycles. The molecule has 118 valence electrons. The molecule has 0 aliphatic rings. The van der Waals surface area contributed by atoms with E-state index in [9.17, 15) is 14.7 Å². The number of hydrogen-bond donors (Lipinski definition) is 4. The molecule has 0 spiro atoms. The molecule has 0 atom stereocenters. The highest BCUT2D eigenvalue weighted by Gasteiger charge is 2.11. The maximum Gasteiger partial charge on any atom is 0.323 e. The van der Waals surface area contributed by atoms with Gasteiger partial charge in [0.15, 0.2) is 11.4 Å². The van der Waals surface area contributed by atoms with Crippen LogP contribution in [0.5, 0.6) is 5.75 Å². The molecule has 0 aliphatic carbocycles. The smallest absolute Gasteiger partial charge is 0.323 e. The molecule has 2 aromatic carbocycles. The van der Waals surface area contributed by atoms with E-state index in [2.05, 4.69) is 25.2 Å². The van der Waals surface area contributed by atoms with E-state index in [1.807, 2.05) is 0 Å². The highest BCUT2D eigenvalue weighted by atomic mass is 16.3. The lowest BCUT2D eigenvalue weighted by atomic mass is 10.2. The molecular formula is C16H11N5O3. The van der Waals surface area contributed by atoms with E-state index in [0.29, 0.717) is 27.6 Å². The van der Waals surface area contributed by atoms with Crippen molar-refractivity contribution >= 4 is 33.3 Å². The number of aromatic hydroxyl groups is 1. The van der Waals surface area contributed by atoms with Crippen molar-refractivity contribution in [3.63, 3.8) is 0 Å². The lowest BCUT2D eigenvalue weighted by Gasteiger charge is -2.02. The fourth-order valence-corrected chi connectivity index (χ4v) is 2.50. The second kappa shape index (κ2) is 5.20. The fourth-order valence-electron chi connectivity index (χ4n) is 2.50. The molecule has 2 aromatic heterocycles. The molecule has 0 radical (unpaired) electrons. The van der Waals surface area contributed by atoms with Crippen molar-refractivity contribution in [2.75, 3.05) is 0 Å². The second-order valence-corrected chi connectivity index (χ2v) is 5.21. The molecule has 24 heavy (non-hydrogen) atoms. The van der Waals surface area contributed by atoms with Crippen molar-refractivity contribution in [1.29, 1.82) is 0 Å². The third-order valence-corrected chi connectivity index (χ3v) is 3.63. The summed E-state index contributed by atoms with van der Waals surface area (Å²) in [5.74, 6) is -0.228. The average Bonchev–Trinajstić information content (AvgIpc) is 2.94. The molecule has 4 rings (SSSR count). The number of pyridine rings is 1. The lowest BCUT2D eigenvalue weighted by Crippen LogP contribution is -2.04. The number of imidazole rings is 1. The minimum Gasteiger partial charge on any atom is -0.505 e. The Morgan fingerprint density at radius 1 is 0.833 bits per heavy atom. The Kier molecular flexibility index (Phi) is 3.02. The van der Waals surface area contributed by atoms with E-state index in [1.165, 1.54) is 0 Å². The van der Waals surface area contributed by atoms with Gasteiger partial charge in [0.2, 0.25) is 0 Å². The van der Waals surface area contributed by atoms with Gasteiger partial charge in [-0.25, -0.2) is 4.79 Å². The number of aromatic nitrogens is 3. The molecule has 8 heteroatoms. The number of H-pyrrole nitrogens is 3. The summed E-state index contributed by atoms with van der Waals surface area (Å²) in [4.78, 5) is 31.2. The zero-order valence-electron chi connectivity index (χ0n) is 12.2. The van der Waals surface area contributed by atoms with Crippen LogP contribution >= 0.6 is 0 Å². The summed E-state index contributed by atoms with van der Waals surface area (Å²) < 4.78 is 0. The lowest BCUT2D eigenvalue weighted by molar-refractivity contribution is 0.481. The van der Waals surface area contributed by atoms with E-state index < -0.39 is 5.56 Å². The van der Waals surface area contributed by atoms with Gasteiger partial charge in [0.25, 0.3) is 5.56 Å². The van der Waals surface area contributed by atoms with Gasteiger partial charge in [-0.15, -0.1) is 5.11 Å². The maximum atomic E-state index is 12.1. The Labute approximate surface area is 133 Å². The zero-order valence-corrected chi connectivity index (χ0v) is 12.2. The Balaban J connectivity index is 1.81. The van der Waals surface area contributed by atoms with Gasteiger partial charge in [-0.2, -0.15) is 5.11 Å². The molecule has 0 saturated heterocycles. The van der Waals surface area contributed by atoms with E-state index in [1.54, 1.807) is 42.5 Å². The number of fused-ring (bicyclic) bond motifs is 2. The Morgan fingerprint density at radius 2 is 1.62 bits per heavy atom. The first-order valence-electron chi connectivity index (χ1n) is 7.09. The largest absolute Gasteiger partial charge is 0.505 e. The van der Waals surface area contributed by atoms with Crippen LogP contribution in [-0.4, -0.2) is 20.1 Å². The van der Waals surface area contributed by atoms with Crippen molar-refractivity contribution in [2.45, 2.75) is 0 Å². The minimum atomic E-state index is -0.536. The zero-order chi connectivity index (χ0) is 16.7. The SMILES string of the molecule is O=c1[nH]c2ccc(N=Nc3c(O)c4ccccc4[nH]c3=O)cc2[nH]1. The molecule has 0 fully saturated rings. The van der Waals surface area contributed by atoms with Crippen LogP contribution in [0.15, 0.2) is 62.3 Å². The Hall–Kier alpha value is -3.68. The number of para-hydroxylation sites is 1. The van der Waals surface area contributed by atoms with E-state index in [0.717, 1.165) is 0 Å². The summed E-state index contributed by atoms with van der Waals surface area (Å²) in [6.45, 7) is 0. The summed E-state index contributed by atoms with van der Waals surface area (Å²) in [7, 11) is 0. The number of aromatic amines is 3. The standard InChI is InChI=1S/C16H11N5O3/c22-14-9-3-1-2-4-10(9)17-15(23)13(14)21-20-8-5-6-11-12(7-8)19-16(24)18-11/h1-7H,(H2,17,22,23)(H2,18,19,24). The van der Waals surface area contributed by atoms with Gasteiger partial charge in [0.1, 0.15) is 0 Å². The number of nitrogens with zero attached hydrogens (tertiary/aromatic N) is 2. The van der Waals surface area contributed by atoms with E-state index >= 15 is 0 Å². The van der Waals surface area contributed by atoms with Crippen LogP contribution in [0, 0.1) is 0 Å². The Morgan fingerprint density at radius 3 is 2.50 bits per heavy atom. The molecule has 0 unspecified atom stereocenters. The number of hydrogen-bond acceptors (Lipinski definition) is 5. The first kappa shape index (κ1) is 13.9. The summed E-state index contributed by atoms with van der Waals surface area (Å²) >= 11 is 0. The highest BCUT2D eigenvalue weighted by molar-refractivity contribution is 5.88. The summed E-state index contributed by atoms with van der Waals surface area (Å²) in [5.41, 5.74) is 1.15. The van der Waals surface area contributed by atoms with Gasteiger partial charge in [-0.1, -0.05) is 12.1 Å². The predicted molar refractivity (Wildman–Crippen MR) is 89.3 cm³/mol. The minimum absolute atomic E-state index is 0.170. The molecule has 4 aromatic rings. The first-order chi connectivity index (χ1) is 11.6. The molecule has 0 saturated carbocycles. The summed E-state index contributed by atoms with van der Waals surface area (Å²) in [5, 5.41) is 18.6. The van der Waals surface area contributed by atoms with Gasteiger partial charge in [0, 0.05) is 5.39 Å². The molecule has 0 amide bonds. The predicted octanol–water partition coefficient (Wildman–Crippen LogP) is 2.82. The monoisotopic (exact) mass is 321 g/mol. The van der Waals surface area contributed by atoms with Crippen LogP contribution in [0.3, 0.4) is 0 Å². The van der Waals surface area contributed by atoms with E-state index in [-0.39, 0.29) is 17.1 Å². The number of benzene rings is 2. The van der Waals surface area contributed by atoms with Crippen molar-refractivity contribution in [3.8, 4) is 5.75 Å². The van der Waals surface area contributed by atoms with Crippen LogP contribution in [0.4, 0.5) is 11.4 Å². The number of rotatable bonds is 2. The molecular weight excluding hydrogens is 310 g/mol. The second-order valence-electron chi connectivity index (χ2n) is 5.21. The van der Waals surface area contributed by atoms with Crippen molar-refractivity contribution in [3.05, 3.63) is 63.3 Å². The molecule has 0 bridgehead atoms. The normalized spacial score (nSPS) is 11.7. The van der Waals surface area contributed by atoms with Gasteiger partial charge >= 0.3 is 5.69 Å². The average molecular weight is 321 g/mol. The van der Waals surface area contributed by atoms with Crippen LogP contribution in [0.1, 0.15) is 0 Å². The van der Waals surface area contributed by atoms with Gasteiger partial charge in [-0.3, -0.25) is 4.79 Å². The molecule has 0 aliphatic heterocycles. The quantitative estimate of drug-likeness (QED) is 0.424. The van der Waals surface area contributed by atoms with Gasteiger partial charge in [0.05, 0.1) is 22.2 Å². The Bertz CT molecular complexity index is 1220. The first-order valence-corrected chi connectivity index (χ1v) is 7.09. The molecule has 8 nitrogen and oxygen atoms in total. The van der Waals surface area contributed by atoms with Crippen molar-refractivity contribution in [2.24, 2.45) is 10.2 Å². The van der Waals surface area contributed by atoms with E-state index in [4.69, 9.17) is 0 Å². The topological polar surface area (TPSA) is 126 Å². The molecule has 4 N–H and O–H groups in total. The fraction of sp³-hybridized carbons (Fsp3) is 0. The third-order valence-electron chi connectivity index (χ3n) is 3.63. The van der Waals surface area contributed by atoms with Crippen LogP contribution in [-0.2, 0) is 0 Å². The van der Waals surface area contributed by atoms with Gasteiger partial charge in [-0.05, 0) is 30.3 Å². The summed E-state index contributed by atoms with van der Waals surface area (Å²) in [6.07, 6.45) is 0. The van der Waals surface area contributed by atoms with Crippen molar-refractivity contribution in [1.82, 2.24) is 15.0 Å². The number of nitrogens with one attached hydrogen (secondary N) is 3. The summed E-state index contributed by atoms with van der Waals surface area (Å²) in [6, 6.07) is 11.8. The van der Waals surface area contributed by atoms with Crippen LogP contribution in [0.2, 0.25) is 0 Å².